The van der Waals surface area contributed by atoms with Crippen LogP contribution in [0.25, 0.3) is 0 Å². The number of sulfonamides is 1. The zero-order valence-electron chi connectivity index (χ0n) is 15.3. The molecule has 0 saturated heterocycles. The highest BCUT2D eigenvalue weighted by atomic mass is 32.2. The van der Waals surface area contributed by atoms with Gasteiger partial charge in [0, 0.05) is 0 Å². The first-order valence-electron chi connectivity index (χ1n) is 8.21. The molecule has 0 radical (unpaired) electrons. The molecule has 146 valence electrons. The molecule has 0 aliphatic carbocycles. The number of rotatable bonds is 9. The van der Waals surface area contributed by atoms with Crippen molar-refractivity contribution in [1.29, 1.82) is 0 Å². The molecule has 8 nitrogen and oxygen atoms in total. The third-order valence-electron chi connectivity index (χ3n) is 3.50. The summed E-state index contributed by atoms with van der Waals surface area (Å²) in [6.07, 6.45) is -0.915. The van der Waals surface area contributed by atoms with Crippen molar-refractivity contribution in [3.8, 4) is 17.2 Å². The summed E-state index contributed by atoms with van der Waals surface area (Å²) >= 11 is 0. The molecule has 0 aromatic heterocycles. The molecule has 0 saturated carbocycles. The molecular weight excluding hydrogens is 372 g/mol. The Morgan fingerprint density at radius 3 is 2.11 bits per heavy atom. The minimum absolute atomic E-state index is 0.0105. The molecule has 0 bridgehead atoms. The first-order chi connectivity index (χ1) is 12.9. The minimum Gasteiger partial charge on any atom is -0.497 e. The van der Waals surface area contributed by atoms with Gasteiger partial charge in [-0.3, -0.25) is 10.2 Å². The van der Waals surface area contributed by atoms with Crippen molar-refractivity contribution in [1.82, 2.24) is 10.3 Å². The Bertz CT molecular complexity index is 850. The van der Waals surface area contributed by atoms with Gasteiger partial charge in [0.05, 0.1) is 18.6 Å². The summed E-state index contributed by atoms with van der Waals surface area (Å²) in [5.41, 5.74) is 2.14. The Morgan fingerprint density at radius 1 is 1.00 bits per heavy atom. The summed E-state index contributed by atoms with van der Waals surface area (Å²) < 4.78 is 40.2. The summed E-state index contributed by atoms with van der Waals surface area (Å²) in [6, 6.07) is 12.5. The zero-order valence-corrected chi connectivity index (χ0v) is 16.1. The Balaban J connectivity index is 1.91. The van der Waals surface area contributed by atoms with Crippen molar-refractivity contribution in [3.63, 3.8) is 0 Å². The highest BCUT2D eigenvalue weighted by molar-refractivity contribution is 7.89. The molecule has 1 amide bonds. The van der Waals surface area contributed by atoms with Gasteiger partial charge >= 0.3 is 0 Å². The van der Waals surface area contributed by atoms with Gasteiger partial charge < -0.3 is 14.2 Å². The lowest BCUT2D eigenvalue weighted by molar-refractivity contribution is -0.127. The van der Waals surface area contributed by atoms with Crippen LogP contribution in [0.1, 0.15) is 13.8 Å². The number of hydrogen-bond acceptors (Lipinski definition) is 6. The largest absolute Gasteiger partial charge is 0.497 e. The van der Waals surface area contributed by atoms with Gasteiger partial charge in [-0.05, 0) is 62.4 Å². The van der Waals surface area contributed by atoms with Gasteiger partial charge in [-0.1, -0.05) is 0 Å². The smallest absolute Gasteiger partial charge is 0.275 e. The molecule has 27 heavy (non-hydrogen) atoms. The van der Waals surface area contributed by atoms with Crippen molar-refractivity contribution in [3.05, 3.63) is 48.5 Å². The Kier molecular flexibility index (Phi) is 7.03. The van der Waals surface area contributed by atoms with Crippen molar-refractivity contribution >= 4 is 15.9 Å². The van der Waals surface area contributed by atoms with E-state index in [2.05, 4.69) is 5.43 Å². The second kappa shape index (κ2) is 9.24. The number of carbonyl (C=O) groups excluding carboxylic acids is 1. The molecule has 2 rings (SSSR count). The maximum Gasteiger partial charge on any atom is 0.275 e. The normalized spacial score (nSPS) is 12.1. The number of carbonyl (C=O) groups is 1. The molecule has 0 aliphatic rings. The SMILES string of the molecule is CCOc1ccc(O[C@H](C)C(=O)NNS(=O)(=O)c2ccc(OC)cc2)cc1. The van der Waals surface area contributed by atoms with Crippen LogP contribution in [0.5, 0.6) is 17.2 Å². The van der Waals surface area contributed by atoms with Gasteiger partial charge in [-0.15, -0.1) is 4.83 Å². The monoisotopic (exact) mass is 394 g/mol. The Labute approximate surface area is 158 Å². The summed E-state index contributed by atoms with van der Waals surface area (Å²) in [5, 5.41) is 0. The lowest BCUT2D eigenvalue weighted by Gasteiger charge is -2.15. The molecule has 0 aliphatic heterocycles. The highest BCUT2D eigenvalue weighted by Crippen LogP contribution is 2.19. The summed E-state index contributed by atoms with van der Waals surface area (Å²) in [6.45, 7) is 3.94. The Hall–Kier alpha value is -2.78. The average Bonchev–Trinajstić information content (AvgIpc) is 2.68. The molecule has 2 aromatic carbocycles. The van der Waals surface area contributed by atoms with E-state index in [9.17, 15) is 13.2 Å². The Morgan fingerprint density at radius 2 is 1.56 bits per heavy atom. The second-order valence-corrected chi connectivity index (χ2v) is 7.12. The standard InChI is InChI=1S/C18H22N2O6S/c1-4-25-15-5-7-16(8-6-15)26-13(2)18(21)19-20-27(22,23)17-11-9-14(24-3)10-12-17/h5-13,20H,4H2,1-3H3,(H,19,21)/t13-/m1/s1. The lowest BCUT2D eigenvalue weighted by atomic mass is 10.3. The third kappa shape index (κ3) is 5.87. The van der Waals surface area contributed by atoms with Crippen LogP contribution in [0.4, 0.5) is 0 Å². The molecule has 9 heteroatoms. The molecule has 0 unspecified atom stereocenters. The predicted octanol–water partition coefficient (Wildman–Crippen LogP) is 1.87. The quantitative estimate of drug-likeness (QED) is 0.630. The van der Waals surface area contributed by atoms with Crippen LogP contribution in [-0.4, -0.2) is 34.1 Å². The van der Waals surface area contributed by atoms with E-state index in [-0.39, 0.29) is 4.90 Å². The molecule has 0 fully saturated rings. The summed E-state index contributed by atoms with van der Waals surface area (Å²) in [7, 11) is -2.43. The number of hydrogen-bond donors (Lipinski definition) is 2. The van der Waals surface area contributed by atoms with Gasteiger partial charge in [0.1, 0.15) is 17.2 Å². The van der Waals surface area contributed by atoms with Crippen molar-refractivity contribution in [2.75, 3.05) is 13.7 Å². The minimum atomic E-state index is -3.91. The molecule has 0 spiro atoms. The maximum absolute atomic E-state index is 12.2. The molecule has 1 atom stereocenters. The van der Waals surface area contributed by atoms with Crippen molar-refractivity contribution in [2.24, 2.45) is 0 Å². The number of nitrogens with one attached hydrogen (secondary N) is 2. The zero-order chi connectivity index (χ0) is 19.9. The molecular formula is C18H22N2O6S. The van der Waals surface area contributed by atoms with Crippen LogP contribution in [0.3, 0.4) is 0 Å². The van der Waals surface area contributed by atoms with E-state index >= 15 is 0 Å². The second-order valence-electron chi connectivity index (χ2n) is 5.43. The number of hydrazine groups is 1. The summed E-state index contributed by atoms with van der Waals surface area (Å²) in [4.78, 5) is 14.1. The fraction of sp³-hybridized carbons (Fsp3) is 0.278. The fourth-order valence-corrected chi connectivity index (χ4v) is 2.92. The van der Waals surface area contributed by atoms with Crippen LogP contribution < -0.4 is 24.5 Å². The van der Waals surface area contributed by atoms with Gasteiger partial charge in [0.2, 0.25) is 0 Å². The van der Waals surface area contributed by atoms with Gasteiger partial charge in [-0.2, -0.15) is 0 Å². The molecule has 0 heterocycles. The van der Waals surface area contributed by atoms with E-state index in [0.717, 1.165) is 0 Å². The van der Waals surface area contributed by atoms with Gasteiger partial charge in [0.15, 0.2) is 6.10 Å². The van der Waals surface area contributed by atoms with Crippen LogP contribution in [-0.2, 0) is 14.8 Å². The van der Waals surface area contributed by atoms with Crippen molar-refractivity contribution < 1.29 is 27.4 Å². The number of amides is 1. The molecule has 2 N–H and O–H groups in total. The highest BCUT2D eigenvalue weighted by Gasteiger charge is 2.19. The van der Waals surface area contributed by atoms with E-state index in [1.807, 2.05) is 11.8 Å². The topological polar surface area (TPSA) is 103 Å². The van der Waals surface area contributed by atoms with Gasteiger partial charge in [-0.25, -0.2) is 8.42 Å². The fourth-order valence-electron chi connectivity index (χ4n) is 2.07. The van der Waals surface area contributed by atoms with Crippen LogP contribution >= 0.6 is 0 Å². The molecule has 2 aromatic rings. The number of methoxy groups -OCH3 is 1. The van der Waals surface area contributed by atoms with Crippen molar-refractivity contribution in [2.45, 2.75) is 24.8 Å². The average molecular weight is 394 g/mol. The maximum atomic E-state index is 12.2. The predicted molar refractivity (Wildman–Crippen MR) is 99.2 cm³/mol. The lowest BCUT2D eigenvalue weighted by Crippen LogP contribution is -2.47. The van der Waals surface area contributed by atoms with Crippen LogP contribution in [0.15, 0.2) is 53.4 Å². The van der Waals surface area contributed by atoms with E-state index in [0.29, 0.717) is 23.9 Å². The third-order valence-corrected chi connectivity index (χ3v) is 4.76. The van der Waals surface area contributed by atoms with Crippen LogP contribution in [0, 0.1) is 0 Å². The van der Waals surface area contributed by atoms with Gasteiger partial charge in [0.25, 0.3) is 15.9 Å². The first-order valence-corrected chi connectivity index (χ1v) is 9.69. The summed E-state index contributed by atoms with van der Waals surface area (Å²) in [5.74, 6) is 1.03. The number of benzene rings is 2. The number of ether oxygens (including phenoxy) is 3. The van der Waals surface area contributed by atoms with E-state index < -0.39 is 22.0 Å². The van der Waals surface area contributed by atoms with E-state index in [1.165, 1.54) is 38.3 Å². The van der Waals surface area contributed by atoms with E-state index in [4.69, 9.17) is 14.2 Å². The van der Waals surface area contributed by atoms with Crippen LogP contribution in [0.2, 0.25) is 0 Å². The van der Waals surface area contributed by atoms with E-state index in [1.54, 1.807) is 24.3 Å². The first kappa shape index (κ1) is 20.5.